The molecule has 0 N–H and O–H groups in total. The molecule has 0 aromatic carbocycles. The molecule has 20 heavy (non-hydrogen) atoms. The molecule has 4 nitrogen and oxygen atoms in total. The summed E-state index contributed by atoms with van der Waals surface area (Å²) in [6, 6.07) is 3.33. The van der Waals surface area contributed by atoms with Crippen molar-refractivity contribution in [2.45, 2.75) is 19.1 Å². The number of halogens is 4. The molecule has 0 atom stereocenters. The Hall–Kier alpha value is -1.63. The number of alkyl halides is 3. The Labute approximate surface area is 118 Å². The second-order valence-corrected chi connectivity index (χ2v) is 4.69. The van der Waals surface area contributed by atoms with Crippen molar-refractivity contribution in [3.05, 3.63) is 29.0 Å². The number of carbonyl (C=O) groups is 1. The van der Waals surface area contributed by atoms with Gasteiger partial charge in [-0.05, 0) is 11.6 Å². The van der Waals surface area contributed by atoms with Gasteiger partial charge in [0.2, 0.25) is 5.78 Å². The SMILES string of the molecule is O=C(CC1=NCCN1Cc1ccc(Cl)nc1)C(F)(F)F. The fourth-order valence-electron chi connectivity index (χ4n) is 1.83. The predicted molar refractivity (Wildman–Crippen MR) is 67.6 cm³/mol. The summed E-state index contributed by atoms with van der Waals surface area (Å²) in [6.07, 6.45) is -3.99. The highest BCUT2D eigenvalue weighted by Crippen LogP contribution is 2.20. The van der Waals surface area contributed by atoms with E-state index in [4.69, 9.17) is 11.6 Å². The zero-order valence-electron chi connectivity index (χ0n) is 10.3. The van der Waals surface area contributed by atoms with Crippen LogP contribution in [0.1, 0.15) is 12.0 Å². The molecule has 0 unspecified atom stereocenters. The van der Waals surface area contributed by atoms with Crippen molar-refractivity contribution < 1.29 is 18.0 Å². The van der Waals surface area contributed by atoms with Crippen molar-refractivity contribution >= 4 is 23.2 Å². The Kier molecular flexibility index (Phi) is 4.27. The van der Waals surface area contributed by atoms with Crippen molar-refractivity contribution in [2.75, 3.05) is 13.1 Å². The molecule has 0 amide bonds. The number of Topliss-reactive ketones (excluding diaryl/α,β-unsaturated/α-hetero) is 1. The monoisotopic (exact) mass is 305 g/mol. The van der Waals surface area contributed by atoms with Crippen LogP contribution in [-0.2, 0) is 11.3 Å². The third-order valence-corrected chi connectivity index (χ3v) is 3.05. The first kappa shape index (κ1) is 14.8. The summed E-state index contributed by atoms with van der Waals surface area (Å²) in [4.78, 5) is 20.5. The van der Waals surface area contributed by atoms with E-state index in [-0.39, 0.29) is 5.84 Å². The highest BCUT2D eigenvalue weighted by Gasteiger charge is 2.39. The molecule has 0 spiro atoms. The molecule has 0 aliphatic carbocycles. The largest absolute Gasteiger partial charge is 0.450 e. The molecular weight excluding hydrogens is 295 g/mol. The van der Waals surface area contributed by atoms with Crippen LogP contribution in [0.15, 0.2) is 23.3 Å². The van der Waals surface area contributed by atoms with Crippen LogP contribution in [0.2, 0.25) is 5.15 Å². The number of carbonyl (C=O) groups excluding carboxylic acids is 1. The normalized spacial score (nSPS) is 15.4. The second-order valence-electron chi connectivity index (χ2n) is 4.31. The van der Waals surface area contributed by atoms with E-state index in [1.54, 1.807) is 23.2 Å². The number of amidine groups is 1. The third kappa shape index (κ3) is 3.69. The second kappa shape index (κ2) is 5.78. The highest BCUT2D eigenvalue weighted by molar-refractivity contribution is 6.29. The quantitative estimate of drug-likeness (QED) is 0.803. The lowest BCUT2D eigenvalue weighted by molar-refractivity contribution is -0.169. The minimum absolute atomic E-state index is 0.169. The summed E-state index contributed by atoms with van der Waals surface area (Å²) in [5.74, 6) is -1.61. The van der Waals surface area contributed by atoms with Crippen molar-refractivity contribution in [3.8, 4) is 0 Å². The van der Waals surface area contributed by atoms with Gasteiger partial charge < -0.3 is 4.90 Å². The van der Waals surface area contributed by atoms with Gasteiger partial charge in [0.1, 0.15) is 11.0 Å². The van der Waals surface area contributed by atoms with E-state index in [1.165, 1.54) is 0 Å². The van der Waals surface area contributed by atoms with Gasteiger partial charge in [-0.3, -0.25) is 9.79 Å². The van der Waals surface area contributed by atoms with E-state index in [2.05, 4.69) is 9.98 Å². The number of hydrogen-bond donors (Lipinski definition) is 0. The topological polar surface area (TPSA) is 45.6 Å². The Morgan fingerprint density at radius 1 is 1.40 bits per heavy atom. The van der Waals surface area contributed by atoms with Crippen LogP contribution in [0.3, 0.4) is 0 Å². The lowest BCUT2D eigenvalue weighted by Crippen LogP contribution is -2.33. The summed E-state index contributed by atoms with van der Waals surface area (Å²) in [7, 11) is 0. The molecule has 0 fully saturated rings. The summed E-state index contributed by atoms with van der Waals surface area (Å²) < 4.78 is 36.8. The molecule has 0 saturated carbocycles. The minimum atomic E-state index is -4.82. The van der Waals surface area contributed by atoms with E-state index in [1.807, 2.05) is 0 Å². The van der Waals surface area contributed by atoms with Gasteiger partial charge in [-0.2, -0.15) is 13.2 Å². The molecule has 2 rings (SSSR count). The molecule has 1 aromatic heterocycles. The van der Waals surface area contributed by atoms with Crippen molar-refractivity contribution in [1.29, 1.82) is 0 Å². The van der Waals surface area contributed by atoms with Gasteiger partial charge in [-0.25, -0.2) is 4.98 Å². The van der Waals surface area contributed by atoms with Crippen LogP contribution >= 0.6 is 11.6 Å². The molecule has 1 aliphatic rings. The average molecular weight is 306 g/mol. The standard InChI is InChI=1S/C12H11ClF3N3O/c13-10-2-1-8(6-18-10)7-19-4-3-17-11(19)5-9(20)12(14,15)16/h1-2,6H,3-5,7H2. The number of aliphatic imine (C=N–C) groups is 1. The van der Waals surface area contributed by atoms with Gasteiger partial charge in [-0.1, -0.05) is 17.7 Å². The molecule has 1 aromatic rings. The summed E-state index contributed by atoms with van der Waals surface area (Å²) in [5, 5.41) is 0.344. The molecule has 0 saturated heterocycles. The van der Waals surface area contributed by atoms with Gasteiger partial charge in [0.15, 0.2) is 0 Å². The van der Waals surface area contributed by atoms with Crippen molar-refractivity contribution in [3.63, 3.8) is 0 Å². The van der Waals surface area contributed by atoms with Crippen LogP contribution in [0.4, 0.5) is 13.2 Å². The lowest BCUT2D eigenvalue weighted by Gasteiger charge is -2.20. The maximum Gasteiger partial charge on any atom is 0.450 e. The van der Waals surface area contributed by atoms with E-state index >= 15 is 0 Å². The molecular formula is C12H11ClF3N3O. The number of hydrogen-bond acceptors (Lipinski definition) is 4. The number of aromatic nitrogens is 1. The molecule has 2 heterocycles. The third-order valence-electron chi connectivity index (χ3n) is 2.83. The molecule has 8 heteroatoms. The van der Waals surface area contributed by atoms with E-state index in [9.17, 15) is 18.0 Å². The van der Waals surface area contributed by atoms with Crippen LogP contribution < -0.4 is 0 Å². The van der Waals surface area contributed by atoms with Gasteiger partial charge in [0, 0.05) is 19.3 Å². The van der Waals surface area contributed by atoms with Crippen LogP contribution in [0.25, 0.3) is 0 Å². The maximum atomic E-state index is 12.3. The number of nitrogens with zero attached hydrogens (tertiary/aromatic N) is 3. The van der Waals surface area contributed by atoms with Crippen LogP contribution in [0, 0.1) is 0 Å². The van der Waals surface area contributed by atoms with Gasteiger partial charge >= 0.3 is 6.18 Å². The van der Waals surface area contributed by atoms with Gasteiger partial charge in [-0.15, -0.1) is 0 Å². The first-order chi connectivity index (χ1) is 9.36. The Morgan fingerprint density at radius 2 is 2.15 bits per heavy atom. The van der Waals surface area contributed by atoms with Gasteiger partial charge in [0.25, 0.3) is 0 Å². The number of ketones is 1. The van der Waals surface area contributed by atoms with E-state index in [0.717, 1.165) is 5.56 Å². The molecule has 0 bridgehead atoms. The Balaban J connectivity index is 2.00. The average Bonchev–Trinajstić information content (AvgIpc) is 2.78. The molecule has 1 aliphatic heterocycles. The minimum Gasteiger partial charge on any atom is -0.354 e. The summed E-state index contributed by atoms with van der Waals surface area (Å²) >= 11 is 5.66. The van der Waals surface area contributed by atoms with Crippen molar-refractivity contribution in [1.82, 2.24) is 9.88 Å². The van der Waals surface area contributed by atoms with Gasteiger partial charge in [0.05, 0.1) is 13.0 Å². The first-order valence-corrected chi connectivity index (χ1v) is 6.23. The highest BCUT2D eigenvalue weighted by atomic mass is 35.5. The summed E-state index contributed by atoms with van der Waals surface area (Å²) in [5.41, 5.74) is 0.795. The molecule has 0 radical (unpaired) electrons. The number of rotatable bonds is 4. The zero-order valence-corrected chi connectivity index (χ0v) is 11.1. The maximum absolute atomic E-state index is 12.3. The van der Waals surface area contributed by atoms with Crippen LogP contribution in [-0.4, -0.2) is 40.8 Å². The van der Waals surface area contributed by atoms with Crippen LogP contribution in [0.5, 0.6) is 0 Å². The fraction of sp³-hybridized carbons (Fsp3) is 0.417. The van der Waals surface area contributed by atoms with Crippen molar-refractivity contribution in [2.24, 2.45) is 4.99 Å². The number of pyridine rings is 1. The Morgan fingerprint density at radius 3 is 2.75 bits per heavy atom. The predicted octanol–water partition coefficient (Wildman–Crippen LogP) is 2.47. The summed E-state index contributed by atoms with van der Waals surface area (Å²) in [6.45, 7) is 1.23. The smallest absolute Gasteiger partial charge is 0.354 e. The first-order valence-electron chi connectivity index (χ1n) is 5.85. The van der Waals surface area contributed by atoms with E-state index < -0.39 is 18.4 Å². The molecule has 108 valence electrons. The van der Waals surface area contributed by atoms with E-state index in [0.29, 0.717) is 24.8 Å². The Bertz CT molecular complexity index is 528. The fourth-order valence-corrected chi connectivity index (χ4v) is 1.94. The lowest BCUT2D eigenvalue weighted by atomic mass is 10.2. The zero-order chi connectivity index (χ0) is 14.8.